The van der Waals surface area contributed by atoms with E-state index in [1.807, 2.05) is 0 Å². The number of hydrogen-bond acceptors (Lipinski definition) is 4. The number of non-ortho nitro benzene ring substituents is 1. The number of halogens is 2. The largest absolute Gasteiger partial charge is 0.269 e. The molecule has 0 saturated carbocycles. The van der Waals surface area contributed by atoms with Crippen LogP contribution in [-0.2, 0) is 10.0 Å². The van der Waals surface area contributed by atoms with E-state index in [1.54, 1.807) is 0 Å². The van der Waals surface area contributed by atoms with Crippen LogP contribution in [0.25, 0.3) is 0 Å². The summed E-state index contributed by atoms with van der Waals surface area (Å²) in [4.78, 5) is 9.71. The van der Waals surface area contributed by atoms with E-state index in [1.165, 1.54) is 6.08 Å². The van der Waals surface area contributed by atoms with Gasteiger partial charge in [0.1, 0.15) is 11.6 Å². The van der Waals surface area contributed by atoms with Gasteiger partial charge in [-0.2, -0.15) is 0 Å². The second-order valence-electron chi connectivity index (χ2n) is 4.67. The first-order valence-corrected chi connectivity index (χ1v) is 8.04. The third-order valence-corrected chi connectivity index (χ3v) is 4.90. The Hall–Kier alpha value is -2.81. The second kappa shape index (κ2) is 6.75. The van der Waals surface area contributed by atoms with Crippen LogP contribution in [0.3, 0.4) is 0 Å². The van der Waals surface area contributed by atoms with Crippen molar-refractivity contribution < 1.29 is 22.1 Å². The van der Waals surface area contributed by atoms with Crippen molar-refractivity contribution in [1.29, 1.82) is 0 Å². The SMILES string of the molecule is C=CCN(c1ccc(F)cc1F)S(=O)(=O)c1ccc([N+](=O)[O-])cc1. The summed E-state index contributed by atoms with van der Waals surface area (Å²) in [5.74, 6) is -1.90. The third kappa shape index (κ3) is 3.40. The lowest BCUT2D eigenvalue weighted by Crippen LogP contribution is -2.32. The molecule has 0 atom stereocenters. The predicted molar refractivity (Wildman–Crippen MR) is 84.2 cm³/mol. The van der Waals surface area contributed by atoms with E-state index in [-0.39, 0.29) is 22.8 Å². The Balaban J connectivity index is 2.52. The summed E-state index contributed by atoms with van der Waals surface area (Å²) in [5, 5.41) is 10.6. The van der Waals surface area contributed by atoms with Gasteiger partial charge in [0.05, 0.1) is 22.1 Å². The average molecular weight is 354 g/mol. The zero-order chi connectivity index (χ0) is 17.9. The lowest BCUT2D eigenvalue weighted by atomic mass is 10.3. The van der Waals surface area contributed by atoms with E-state index in [0.717, 1.165) is 36.4 Å². The van der Waals surface area contributed by atoms with E-state index < -0.39 is 26.6 Å². The summed E-state index contributed by atoms with van der Waals surface area (Å²) in [6.07, 6.45) is 1.24. The van der Waals surface area contributed by atoms with Gasteiger partial charge in [-0.3, -0.25) is 14.4 Å². The lowest BCUT2D eigenvalue weighted by molar-refractivity contribution is -0.384. The molecule has 24 heavy (non-hydrogen) atoms. The minimum Gasteiger partial charge on any atom is -0.260 e. The van der Waals surface area contributed by atoms with E-state index in [4.69, 9.17) is 0 Å². The summed E-state index contributed by atoms with van der Waals surface area (Å²) in [7, 11) is -4.22. The summed E-state index contributed by atoms with van der Waals surface area (Å²) in [6.45, 7) is 3.16. The first kappa shape index (κ1) is 17.5. The van der Waals surface area contributed by atoms with Gasteiger partial charge in [0.15, 0.2) is 0 Å². The van der Waals surface area contributed by atoms with Gasteiger partial charge in [-0.15, -0.1) is 6.58 Å². The van der Waals surface area contributed by atoms with Crippen molar-refractivity contribution in [3.05, 3.63) is 76.9 Å². The lowest BCUT2D eigenvalue weighted by Gasteiger charge is -2.23. The van der Waals surface area contributed by atoms with Gasteiger partial charge < -0.3 is 0 Å². The van der Waals surface area contributed by atoms with Gasteiger partial charge in [-0.25, -0.2) is 17.2 Å². The van der Waals surface area contributed by atoms with E-state index in [9.17, 15) is 27.3 Å². The van der Waals surface area contributed by atoms with Crippen molar-refractivity contribution in [1.82, 2.24) is 0 Å². The molecule has 0 aliphatic rings. The zero-order valence-corrected chi connectivity index (χ0v) is 13.0. The normalized spacial score (nSPS) is 11.1. The van der Waals surface area contributed by atoms with Crippen LogP contribution in [0.2, 0.25) is 0 Å². The number of sulfonamides is 1. The van der Waals surface area contributed by atoms with Crippen LogP contribution >= 0.6 is 0 Å². The fourth-order valence-electron chi connectivity index (χ4n) is 1.99. The first-order valence-electron chi connectivity index (χ1n) is 6.60. The first-order chi connectivity index (χ1) is 11.3. The Kier molecular flexibility index (Phi) is 4.93. The van der Waals surface area contributed by atoms with Crippen LogP contribution in [0.4, 0.5) is 20.2 Å². The number of anilines is 1. The number of nitro groups is 1. The van der Waals surface area contributed by atoms with Crippen molar-refractivity contribution in [2.75, 3.05) is 10.8 Å². The molecule has 2 aromatic rings. The molecule has 0 radical (unpaired) electrons. The zero-order valence-electron chi connectivity index (χ0n) is 12.2. The maximum Gasteiger partial charge on any atom is 0.269 e. The van der Waals surface area contributed by atoms with E-state index >= 15 is 0 Å². The van der Waals surface area contributed by atoms with Crippen molar-refractivity contribution in [2.45, 2.75) is 4.90 Å². The molecule has 0 heterocycles. The van der Waals surface area contributed by atoms with Crippen LogP contribution in [0.15, 0.2) is 60.0 Å². The van der Waals surface area contributed by atoms with Gasteiger partial charge in [0.25, 0.3) is 15.7 Å². The number of rotatable bonds is 6. The second-order valence-corrected chi connectivity index (χ2v) is 6.53. The Morgan fingerprint density at radius 2 is 1.79 bits per heavy atom. The highest BCUT2D eigenvalue weighted by molar-refractivity contribution is 7.92. The van der Waals surface area contributed by atoms with Crippen molar-refractivity contribution in [3.8, 4) is 0 Å². The molecule has 126 valence electrons. The topological polar surface area (TPSA) is 80.5 Å². The molecule has 6 nitrogen and oxygen atoms in total. The average Bonchev–Trinajstić information content (AvgIpc) is 2.53. The fourth-order valence-corrected chi connectivity index (χ4v) is 3.44. The molecule has 0 spiro atoms. The molecule has 9 heteroatoms. The standard InChI is InChI=1S/C15H12F2N2O4S/c1-2-9-18(15-8-3-11(16)10-14(15)17)24(22,23)13-6-4-12(5-7-13)19(20)21/h2-8,10H,1,9H2. The van der Waals surface area contributed by atoms with Crippen molar-refractivity contribution >= 4 is 21.4 Å². The van der Waals surface area contributed by atoms with Gasteiger partial charge in [-0.1, -0.05) is 6.08 Å². The van der Waals surface area contributed by atoms with Gasteiger partial charge in [0, 0.05) is 18.2 Å². The van der Waals surface area contributed by atoms with Crippen LogP contribution in [0.5, 0.6) is 0 Å². The summed E-state index contributed by atoms with van der Waals surface area (Å²) in [6, 6.07) is 6.64. The molecule has 0 unspecified atom stereocenters. The fraction of sp³-hybridized carbons (Fsp3) is 0.0667. The molecule has 0 aromatic heterocycles. The molecule has 0 aliphatic carbocycles. The molecule has 0 saturated heterocycles. The molecule has 0 aliphatic heterocycles. The monoisotopic (exact) mass is 354 g/mol. The summed E-state index contributed by atoms with van der Waals surface area (Å²) < 4.78 is 53.1. The Labute approximate surface area is 136 Å². The maximum atomic E-state index is 14.0. The smallest absolute Gasteiger partial charge is 0.260 e. The summed E-state index contributed by atoms with van der Waals surface area (Å²) >= 11 is 0. The quantitative estimate of drug-likeness (QED) is 0.453. The highest BCUT2D eigenvalue weighted by Gasteiger charge is 2.27. The van der Waals surface area contributed by atoms with Crippen LogP contribution in [-0.4, -0.2) is 19.9 Å². The molecule has 0 N–H and O–H groups in total. The number of benzene rings is 2. The Morgan fingerprint density at radius 1 is 1.17 bits per heavy atom. The Morgan fingerprint density at radius 3 is 2.29 bits per heavy atom. The third-order valence-electron chi connectivity index (χ3n) is 3.11. The minimum atomic E-state index is -4.22. The predicted octanol–water partition coefficient (Wildman–Crippen LogP) is 3.25. The molecular weight excluding hydrogens is 342 g/mol. The number of nitrogens with zero attached hydrogens (tertiary/aromatic N) is 2. The molecule has 0 bridgehead atoms. The van der Waals surface area contributed by atoms with Gasteiger partial charge >= 0.3 is 0 Å². The van der Waals surface area contributed by atoms with E-state index in [2.05, 4.69) is 6.58 Å². The van der Waals surface area contributed by atoms with Gasteiger partial charge in [-0.05, 0) is 24.3 Å². The molecule has 2 aromatic carbocycles. The molecular formula is C15H12F2N2O4S. The maximum absolute atomic E-state index is 14.0. The highest BCUT2D eigenvalue weighted by Crippen LogP contribution is 2.27. The van der Waals surface area contributed by atoms with Crippen LogP contribution in [0, 0.1) is 21.7 Å². The minimum absolute atomic E-state index is 0.262. The molecule has 0 fully saturated rings. The van der Waals surface area contributed by atoms with Gasteiger partial charge in [0.2, 0.25) is 0 Å². The Bertz CT molecular complexity index is 883. The van der Waals surface area contributed by atoms with E-state index in [0.29, 0.717) is 10.4 Å². The molecule has 0 amide bonds. The van der Waals surface area contributed by atoms with Crippen LogP contribution < -0.4 is 4.31 Å². The van der Waals surface area contributed by atoms with Crippen molar-refractivity contribution in [2.24, 2.45) is 0 Å². The number of hydrogen-bond donors (Lipinski definition) is 0. The highest BCUT2D eigenvalue weighted by atomic mass is 32.2. The molecule has 2 rings (SSSR count). The van der Waals surface area contributed by atoms with Crippen molar-refractivity contribution in [3.63, 3.8) is 0 Å². The van der Waals surface area contributed by atoms with Crippen LogP contribution in [0.1, 0.15) is 0 Å². The number of nitro benzene ring substituents is 1. The summed E-state index contributed by atoms with van der Waals surface area (Å²) in [5.41, 5.74) is -0.633.